The number of phenolic OH excluding ortho intramolecular Hbond substituents is 1. The van der Waals surface area contributed by atoms with Crippen molar-refractivity contribution in [3.63, 3.8) is 0 Å². The van der Waals surface area contributed by atoms with Gasteiger partial charge in [-0.1, -0.05) is 45.0 Å². The van der Waals surface area contributed by atoms with E-state index in [4.69, 9.17) is 56.8 Å². The Kier molecular flexibility index (Phi) is 29.8. The lowest BCUT2D eigenvalue weighted by Gasteiger charge is -2.25. The number of thiocarbonyl (C=S) groups is 1. The quantitative estimate of drug-likeness (QED) is 0.00931. The molecule has 0 saturated carbocycles. The number of nitrogens with two attached hydrogens (primary N) is 7. The minimum Gasteiger partial charge on any atom is -0.508 e. The summed E-state index contributed by atoms with van der Waals surface area (Å²) >= 11 is 5.69. The summed E-state index contributed by atoms with van der Waals surface area (Å²) in [5.41, 5.74) is 40.3. The summed E-state index contributed by atoms with van der Waals surface area (Å²) in [6, 6.07) is 6.99. The molecule has 0 bridgehead atoms. The molecule has 2 aliphatic rings. The Hall–Kier alpha value is -9.16. The van der Waals surface area contributed by atoms with Gasteiger partial charge in [0.05, 0.1) is 22.6 Å². The first-order valence-electron chi connectivity index (χ1n) is 29.3. The summed E-state index contributed by atoms with van der Waals surface area (Å²) in [6.07, 6.45) is 3.65. The van der Waals surface area contributed by atoms with E-state index < -0.39 is 71.8 Å². The van der Waals surface area contributed by atoms with Crippen molar-refractivity contribution in [1.82, 2.24) is 37.2 Å². The van der Waals surface area contributed by atoms with E-state index in [1.807, 2.05) is 13.8 Å². The number of aromatic hydroxyl groups is 1. The van der Waals surface area contributed by atoms with Crippen molar-refractivity contribution in [2.75, 3.05) is 44.6 Å². The van der Waals surface area contributed by atoms with E-state index in [0.717, 1.165) is 0 Å². The summed E-state index contributed by atoms with van der Waals surface area (Å²) in [5, 5.41) is 44.1. The van der Waals surface area contributed by atoms with Crippen LogP contribution in [0.25, 0.3) is 33.4 Å². The lowest BCUT2D eigenvalue weighted by Crippen LogP contribution is -2.56. The maximum atomic E-state index is 14.2. The van der Waals surface area contributed by atoms with Crippen molar-refractivity contribution in [2.24, 2.45) is 55.1 Å². The minimum absolute atomic E-state index is 0.0538. The number of amides is 6. The van der Waals surface area contributed by atoms with E-state index >= 15 is 0 Å². The van der Waals surface area contributed by atoms with Crippen molar-refractivity contribution in [3.05, 3.63) is 70.4 Å². The lowest BCUT2D eigenvalue weighted by molar-refractivity contribution is -0.133. The molecule has 0 saturated heterocycles. The number of guanidine groups is 3. The number of hydrogen-bond donors (Lipinski definition) is 17. The fraction of sp³-hybridized carbons (Fsp3) is 0.483. The van der Waals surface area contributed by atoms with Crippen LogP contribution in [0, 0.1) is 0 Å². The number of unbranched alkanes of at least 4 members (excludes halogenated alkanes) is 1. The van der Waals surface area contributed by atoms with E-state index in [0.29, 0.717) is 72.8 Å². The molecule has 0 radical (unpaired) electrons. The first kappa shape index (κ1) is 71.3. The van der Waals surface area contributed by atoms with Gasteiger partial charge in [-0.3, -0.25) is 53.9 Å². The van der Waals surface area contributed by atoms with Gasteiger partial charge in [-0.2, -0.15) is 0 Å². The van der Waals surface area contributed by atoms with Crippen LogP contribution in [0.2, 0.25) is 0 Å². The van der Waals surface area contributed by atoms with Gasteiger partial charge in [0.15, 0.2) is 23.3 Å². The van der Waals surface area contributed by atoms with Crippen LogP contribution >= 0.6 is 12.2 Å². The highest BCUT2D eigenvalue weighted by Crippen LogP contribution is 2.42. The molecule has 2 aromatic rings. The molecule has 0 aromatic heterocycles. The Balaban J connectivity index is 1.49. The second-order valence-electron chi connectivity index (χ2n) is 20.8. The van der Waals surface area contributed by atoms with Gasteiger partial charge >= 0.3 is 5.97 Å². The maximum Gasteiger partial charge on any atom is 0.336 e. The van der Waals surface area contributed by atoms with Crippen molar-refractivity contribution in [2.45, 2.75) is 140 Å². The zero-order valence-corrected chi connectivity index (χ0v) is 50.8. The second-order valence-corrected chi connectivity index (χ2v) is 21.3. The van der Waals surface area contributed by atoms with Gasteiger partial charge in [0.1, 0.15) is 41.3 Å². The van der Waals surface area contributed by atoms with Crippen molar-refractivity contribution < 1.29 is 48.2 Å². The first-order chi connectivity index (χ1) is 42.0. The zero-order chi connectivity index (χ0) is 64.9. The van der Waals surface area contributed by atoms with Gasteiger partial charge in [-0.05, 0) is 120 Å². The number of nitrogens with zero attached hydrogens (tertiary/aromatic N) is 3. The molecule has 88 heavy (non-hydrogen) atoms. The normalized spacial score (nSPS) is 13.0. The van der Waals surface area contributed by atoms with Gasteiger partial charge < -0.3 is 92.0 Å². The van der Waals surface area contributed by atoms with Gasteiger partial charge in [-0.15, -0.1) is 0 Å². The molecular formula is C58H86N18O11S. The topological polar surface area (TPSA) is 506 Å². The fourth-order valence-corrected chi connectivity index (χ4v) is 9.63. The third kappa shape index (κ3) is 23.6. The second kappa shape index (κ2) is 36.7. The van der Waals surface area contributed by atoms with Gasteiger partial charge in [-0.25, -0.2) is 4.79 Å². The summed E-state index contributed by atoms with van der Waals surface area (Å²) < 4.78 is 5.95. The molecule has 1 aliphatic heterocycles. The van der Waals surface area contributed by atoms with Crippen LogP contribution in [0.15, 0.2) is 78.8 Å². The third-order valence-corrected chi connectivity index (χ3v) is 14.0. The van der Waals surface area contributed by atoms with E-state index in [9.17, 15) is 48.6 Å². The Bertz CT molecular complexity index is 3160. The number of hydrogen-bond acceptors (Lipinski definition) is 16. The van der Waals surface area contributed by atoms with Crippen molar-refractivity contribution in [1.29, 1.82) is 0 Å². The van der Waals surface area contributed by atoms with Crippen LogP contribution in [-0.2, 0) is 28.8 Å². The highest BCUT2D eigenvalue weighted by atomic mass is 32.1. The van der Waals surface area contributed by atoms with Crippen LogP contribution in [0.3, 0.4) is 0 Å². The smallest absolute Gasteiger partial charge is 0.336 e. The fourth-order valence-electron chi connectivity index (χ4n) is 9.42. The largest absolute Gasteiger partial charge is 0.508 e. The SMILES string of the molecule is CCCC(NCC(=S)Nc1ccc(-c2c3ccc(=O)cc-3oc3cc(O)ccc23)c(C(=O)O)c1)C(=O)NC(CCCCNC(=O)C(CCCN=C(N)N)NC(=O)C(CCCN=C(N)N)NC(=O)C(N)CCCN=C(N)N)C(=O)NC(CCC)C(=O)NCC. The molecular weight excluding hydrogens is 1160 g/mol. The predicted octanol–water partition coefficient (Wildman–Crippen LogP) is 0.116. The highest BCUT2D eigenvalue weighted by Gasteiger charge is 2.31. The molecule has 24 N–H and O–H groups in total. The summed E-state index contributed by atoms with van der Waals surface area (Å²) in [5.74, 6) is -5.02. The van der Waals surface area contributed by atoms with Crippen LogP contribution in [0.1, 0.15) is 115 Å². The molecule has 0 fully saturated rings. The van der Waals surface area contributed by atoms with E-state index in [1.165, 1.54) is 30.3 Å². The molecule has 4 rings (SSSR count). The van der Waals surface area contributed by atoms with Gasteiger partial charge in [0.25, 0.3) is 0 Å². The van der Waals surface area contributed by atoms with Crippen molar-refractivity contribution >= 4 is 93.2 Å². The van der Waals surface area contributed by atoms with Gasteiger partial charge in [0.2, 0.25) is 35.4 Å². The molecule has 480 valence electrons. The number of carboxylic acids is 1. The van der Waals surface area contributed by atoms with E-state index in [1.54, 1.807) is 31.2 Å². The average Bonchev–Trinajstić information content (AvgIpc) is 1.11. The number of aromatic carboxylic acids is 1. The predicted molar refractivity (Wildman–Crippen MR) is 342 cm³/mol. The summed E-state index contributed by atoms with van der Waals surface area (Å²) in [4.78, 5) is 120. The standard InChI is InChI=1S/C58H86N18O11S/c1-4-12-40(71-31-47(88)72-32-18-21-35(38(28-32)55(85)86)48-36-22-19-33(77)29-45(36)87-46-30-34(78)20-23-37(46)48)52(82)76-43(53(83)74-41(13-5-2)50(80)66-6-3)15-7-8-24-67-51(81)42(16-10-26-69-57(62)63)75-54(84)44(17-11-27-70-58(64)65)73-49(79)39(59)14-9-25-68-56(60)61/h18-23,28-30,39-44,71,77H,4-17,24-27,31,59H2,1-3H3,(H,66,80)(H,67,81)(H,72,88)(H,73,79)(H,74,83)(H,75,84)(H,76,82)(H,85,86)(H4,60,61,68)(H4,62,63,69)(H4,64,65,70). The van der Waals surface area contributed by atoms with E-state index in [2.05, 4.69) is 57.5 Å². The Morgan fingerprint density at radius 3 is 1.66 bits per heavy atom. The molecule has 6 atom stereocenters. The molecule has 6 unspecified atom stereocenters. The minimum atomic E-state index is -1.26. The monoisotopic (exact) mass is 1240 g/mol. The number of carbonyl (C=O) groups is 7. The number of phenols is 1. The number of aliphatic imine (C=N–C) groups is 3. The lowest BCUT2D eigenvalue weighted by atomic mass is 9.90. The average molecular weight is 1240 g/mol. The van der Waals surface area contributed by atoms with Crippen LogP contribution in [0.4, 0.5) is 5.69 Å². The molecule has 2 aromatic carbocycles. The molecule has 29 nitrogen and oxygen atoms in total. The van der Waals surface area contributed by atoms with Crippen LogP contribution in [0.5, 0.6) is 5.75 Å². The number of anilines is 1. The number of fused-ring (bicyclic) bond motifs is 2. The maximum absolute atomic E-state index is 14.2. The molecule has 30 heteroatoms. The highest BCUT2D eigenvalue weighted by molar-refractivity contribution is 7.80. The zero-order valence-electron chi connectivity index (χ0n) is 50.0. The Morgan fingerprint density at radius 1 is 0.580 bits per heavy atom. The van der Waals surface area contributed by atoms with Gasteiger partial charge in [0, 0.05) is 73.6 Å². The first-order valence-corrected chi connectivity index (χ1v) is 29.7. The number of nitrogens with one attached hydrogen (secondary N) is 8. The number of likely N-dealkylation sites (N-methyl/N-ethyl adjacent to an activating group) is 1. The third-order valence-electron chi connectivity index (χ3n) is 13.8. The van der Waals surface area contributed by atoms with Crippen molar-refractivity contribution in [3.8, 4) is 28.2 Å². The molecule has 1 aliphatic carbocycles. The number of benzene rings is 3. The molecule has 0 spiro atoms. The molecule has 1 heterocycles. The number of rotatable bonds is 38. The van der Waals surface area contributed by atoms with E-state index in [-0.39, 0.29) is 135 Å². The van der Waals surface area contributed by atoms with Crippen LogP contribution in [-0.4, -0.2) is 150 Å². The molecule has 6 amide bonds. The summed E-state index contributed by atoms with van der Waals surface area (Å²) in [6.45, 7) is 6.33. The number of carboxylic acid groups (broad SMARTS) is 1. The summed E-state index contributed by atoms with van der Waals surface area (Å²) in [7, 11) is 0. The number of carbonyl (C=O) groups excluding carboxylic acids is 6. The van der Waals surface area contributed by atoms with Crippen LogP contribution < -0.4 is 88.1 Å². The Morgan fingerprint density at radius 2 is 1.09 bits per heavy atom. The Labute approximate surface area is 515 Å².